The molecule has 0 aliphatic rings. The van der Waals surface area contributed by atoms with Gasteiger partial charge in [-0.2, -0.15) is 0 Å². The molecule has 22 heavy (non-hydrogen) atoms. The van der Waals surface area contributed by atoms with Crippen molar-refractivity contribution in [2.75, 3.05) is 19.5 Å². The molecule has 7 nitrogen and oxygen atoms in total. The zero-order valence-electron chi connectivity index (χ0n) is 12.2. The highest BCUT2D eigenvalue weighted by atomic mass is 35.5. The lowest BCUT2D eigenvalue weighted by atomic mass is 10.4. The molecule has 0 atom stereocenters. The SMILES string of the molecule is COCc1nc(NC(=O)c2cc(Cl)cn2C)sc1C(=O)OC. The van der Waals surface area contributed by atoms with Gasteiger partial charge in [-0.3, -0.25) is 10.1 Å². The number of ether oxygens (including phenoxy) is 2. The van der Waals surface area contributed by atoms with Gasteiger partial charge in [0.05, 0.1) is 24.4 Å². The Hall–Kier alpha value is -1.90. The van der Waals surface area contributed by atoms with Crippen molar-refractivity contribution in [2.45, 2.75) is 6.61 Å². The van der Waals surface area contributed by atoms with E-state index in [4.69, 9.17) is 21.1 Å². The van der Waals surface area contributed by atoms with Crippen LogP contribution in [-0.4, -0.2) is 35.6 Å². The Balaban J connectivity index is 2.24. The summed E-state index contributed by atoms with van der Waals surface area (Å²) >= 11 is 6.88. The maximum Gasteiger partial charge on any atom is 0.350 e. The molecule has 2 aromatic heterocycles. The number of hydrogen-bond donors (Lipinski definition) is 1. The van der Waals surface area contributed by atoms with Crippen LogP contribution in [0.3, 0.4) is 0 Å². The number of amides is 1. The predicted octanol–water partition coefficient (Wildman–Crippen LogP) is 2.32. The summed E-state index contributed by atoms with van der Waals surface area (Å²) in [5.41, 5.74) is 0.799. The van der Waals surface area contributed by atoms with Gasteiger partial charge in [-0.05, 0) is 6.07 Å². The van der Waals surface area contributed by atoms with Crippen LogP contribution in [0.4, 0.5) is 5.13 Å². The molecule has 0 spiro atoms. The molecule has 0 saturated carbocycles. The highest BCUT2D eigenvalue weighted by molar-refractivity contribution is 7.17. The summed E-state index contributed by atoms with van der Waals surface area (Å²) < 4.78 is 11.3. The molecule has 0 aromatic carbocycles. The van der Waals surface area contributed by atoms with Gasteiger partial charge in [0.15, 0.2) is 5.13 Å². The van der Waals surface area contributed by atoms with Crippen molar-refractivity contribution in [3.8, 4) is 0 Å². The van der Waals surface area contributed by atoms with Gasteiger partial charge >= 0.3 is 5.97 Å². The van der Waals surface area contributed by atoms with E-state index in [9.17, 15) is 9.59 Å². The average molecular weight is 344 g/mol. The van der Waals surface area contributed by atoms with Gasteiger partial charge in [0.25, 0.3) is 5.91 Å². The topological polar surface area (TPSA) is 82.5 Å². The number of rotatable bonds is 5. The van der Waals surface area contributed by atoms with Crippen molar-refractivity contribution < 1.29 is 19.1 Å². The summed E-state index contributed by atoms with van der Waals surface area (Å²) in [5.74, 6) is -0.893. The minimum Gasteiger partial charge on any atom is -0.465 e. The Morgan fingerprint density at radius 1 is 1.45 bits per heavy atom. The Bertz CT molecular complexity index is 710. The Labute approximate surface area is 135 Å². The first-order chi connectivity index (χ1) is 10.5. The lowest BCUT2D eigenvalue weighted by Gasteiger charge is -2.02. The van der Waals surface area contributed by atoms with E-state index in [1.165, 1.54) is 14.2 Å². The van der Waals surface area contributed by atoms with Crippen molar-refractivity contribution in [2.24, 2.45) is 7.05 Å². The first-order valence-electron chi connectivity index (χ1n) is 6.16. The van der Waals surface area contributed by atoms with Crippen molar-refractivity contribution >= 4 is 39.9 Å². The summed E-state index contributed by atoms with van der Waals surface area (Å²) in [6, 6.07) is 1.54. The van der Waals surface area contributed by atoms with Crippen LogP contribution >= 0.6 is 22.9 Å². The van der Waals surface area contributed by atoms with Crippen LogP contribution in [0.5, 0.6) is 0 Å². The molecule has 0 aliphatic heterocycles. The number of esters is 1. The summed E-state index contributed by atoms with van der Waals surface area (Å²) in [7, 11) is 4.48. The van der Waals surface area contributed by atoms with Crippen molar-refractivity contribution in [1.82, 2.24) is 9.55 Å². The summed E-state index contributed by atoms with van der Waals surface area (Å²) in [6.07, 6.45) is 1.62. The fourth-order valence-electron chi connectivity index (χ4n) is 1.80. The maximum atomic E-state index is 12.2. The lowest BCUT2D eigenvalue weighted by molar-refractivity contribution is 0.0601. The molecule has 2 rings (SSSR count). The molecule has 118 valence electrons. The number of nitrogens with zero attached hydrogens (tertiary/aromatic N) is 2. The summed E-state index contributed by atoms with van der Waals surface area (Å²) in [4.78, 5) is 28.4. The number of carbonyl (C=O) groups excluding carboxylic acids is 2. The third kappa shape index (κ3) is 3.46. The Morgan fingerprint density at radius 2 is 2.18 bits per heavy atom. The van der Waals surface area contributed by atoms with Gasteiger partial charge in [0.1, 0.15) is 10.6 Å². The van der Waals surface area contributed by atoms with E-state index < -0.39 is 5.97 Å². The van der Waals surface area contributed by atoms with Gasteiger partial charge in [0.2, 0.25) is 0 Å². The molecule has 0 aliphatic carbocycles. The van der Waals surface area contributed by atoms with Crippen LogP contribution in [0.1, 0.15) is 25.9 Å². The van der Waals surface area contributed by atoms with Crippen LogP contribution in [0, 0.1) is 0 Å². The Kier molecular flexibility index (Phi) is 5.17. The molecule has 1 amide bonds. The highest BCUT2D eigenvalue weighted by Gasteiger charge is 2.20. The third-order valence-corrected chi connectivity index (χ3v) is 3.97. The zero-order chi connectivity index (χ0) is 16.3. The van der Waals surface area contributed by atoms with Gasteiger partial charge < -0.3 is 14.0 Å². The minimum atomic E-state index is -0.521. The molecule has 1 N–H and O–H groups in total. The average Bonchev–Trinajstić information content (AvgIpc) is 3.01. The summed E-state index contributed by atoms with van der Waals surface area (Å²) in [6.45, 7) is 0.146. The summed E-state index contributed by atoms with van der Waals surface area (Å²) in [5, 5.41) is 3.38. The number of thiazole rings is 1. The van der Waals surface area contributed by atoms with E-state index in [0.717, 1.165) is 11.3 Å². The van der Waals surface area contributed by atoms with E-state index in [1.807, 2.05) is 0 Å². The number of halogens is 1. The van der Waals surface area contributed by atoms with Crippen molar-refractivity contribution in [3.05, 3.63) is 33.6 Å². The molecule has 0 saturated heterocycles. The standard InChI is InChI=1S/C13H14ClN3O4S/c1-17-5-7(14)4-9(17)11(18)16-13-15-8(6-20-2)10(22-13)12(19)21-3/h4-5H,6H2,1-3H3,(H,15,16,18). The number of anilines is 1. The third-order valence-electron chi connectivity index (χ3n) is 2.77. The van der Waals surface area contributed by atoms with E-state index in [-0.39, 0.29) is 17.6 Å². The molecular formula is C13H14ClN3O4S. The second-order valence-corrected chi connectivity index (χ2v) is 5.76. The van der Waals surface area contributed by atoms with E-state index >= 15 is 0 Å². The van der Waals surface area contributed by atoms with E-state index in [1.54, 1.807) is 23.9 Å². The molecule has 0 unspecified atom stereocenters. The number of methoxy groups -OCH3 is 2. The van der Waals surface area contributed by atoms with E-state index in [0.29, 0.717) is 21.3 Å². The van der Waals surface area contributed by atoms with Crippen LogP contribution in [0.25, 0.3) is 0 Å². The smallest absolute Gasteiger partial charge is 0.350 e. The molecule has 2 aromatic rings. The quantitative estimate of drug-likeness (QED) is 0.842. The van der Waals surface area contributed by atoms with Gasteiger partial charge in [-0.15, -0.1) is 0 Å². The van der Waals surface area contributed by atoms with Crippen molar-refractivity contribution in [1.29, 1.82) is 0 Å². The largest absolute Gasteiger partial charge is 0.465 e. The van der Waals surface area contributed by atoms with Gasteiger partial charge in [-0.25, -0.2) is 9.78 Å². The Morgan fingerprint density at radius 3 is 2.73 bits per heavy atom. The molecule has 2 heterocycles. The zero-order valence-corrected chi connectivity index (χ0v) is 13.7. The van der Waals surface area contributed by atoms with Gasteiger partial charge in [0, 0.05) is 20.4 Å². The van der Waals surface area contributed by atoms with Gasteiger partial charge in [-0.1, -0.05) is 22.9 Å². The second-order valence-electron chi connectivity index (χ2n) is 4.33. The number of carbonyl (C=O) groups is 2. The van der Waals surface area contributed by atoms with Crippen LogP contribution in [0.2, 0.25) is 5.02 Å². The fourth-order valence-corrected chi connectivity index (χ4v) is 2.93. The molecule has 0 radical (unpaired) electrons. The van der Waals surface area contributed by atoms with Crippen LogP contribution in [0.15, 0.2) is 12.3 Å². The fraction of sp³-hybridized carbons (Fsp3) is 0.308. The minimum absolute atomic E-state index is 0.146. The monoisotopic (exact) mass is 343 g/mol. The number of hydrogen-bond acceptors (Lipinski definition) is 6. The number of aryl methyl sites for hydroxylation is 1. The van der Waals surface area contributed by atoms with Crippen LogP contribution < -0.4 is 5.32 Å². The second kappa shape index (κ2) is 6.91. The first-order valence-corrected chi connectivity index (χ1v) is 7.36. The highest BCUT2D eigenvalue weighted by Crippen LogP contribution is 2.25. The van der Waals surface area contributed by atoms with Crippen molar-refractivity contribution in [3.63, 3.8) is 0 Å². The molecule has 9 heteroatoms. The molecule has 0 bridgehead atoms. The normalized spacial score (nSPS) is 10.5. The molecule has 0 fully saturated rings. The lowest BCUT2D eigenvalue weighted by Crippen LogP contribution is -2.15. The molecular weight excluding hydrogens is 330 g/mol. The maximum absolute atomic E-state index is 12.2. The van der Waals surface area contributed by atoms with Crippen LogP contribution in [-0.2, 0) is 23.1 Å². The number of nitrogens with one attached hydrogen (secondary N) is 1. The predicted molar refractivity (Wildman–Crippen MR) is 82.5 cm³/mol. The van der Waals surface area contributed by atoms with E-state index in [2.05, 4.69) is 10.3 Å². The first kappa shape index (κ1) is 16.5. The number of aromatic nitrogens is 2.